The number of hydrogen-bond donors (Lipinski definition) is 3. The van der Waals surface area contributed by atoms with Crippen LogP contribution in [0.3, 0.4) is 0 Å². The monoisotopic (exact) mass is 387 g/mol. The van der Waals surface area contributed by atoms with Crippen molar-refractivity contribution in [1.29, 1.82) is 0 Å². The van der Waals surface area contributed by atoms with E-state index < -0.39 is 30.3 Å². The topological polar surface area (TPSA) is 90.4 Å². The molecule has 0 aromatic carbocycles. The van der Waals surface area contributed by atoms with Crippen LogP contribution in [0.2, 0.25) is 0 Å². The third kappa shape index (κ3) is 2.36. The molecular weight excluding hydrogens is 376 g/mol. The fourth-order valence-corrected chi connectivity index (χ4v) is 2.44. The Bertz CT molecular complexity index is 514. The molecule has 1 aromatic heterocycles. The highest BCUT2D eigenvalue weighted by atomic mass is 127. The summed E-state index contributed by atoms with van der Waals surface area (Å²) in [6, 6.07) is 0. The van der Waals surface area contributed by atoms with Gasteiger partial charge in [-0.25, -0.2) is 9.18 Å². The number of ether oxygens (including phenoxy) is 1. The average Bonchev–Trinajstić information content (AvgIpc) is 2.61. The third-order valence-electron chi connectivity index (χ3n) is 2.68. The standard InChI is InChI=1S/C9H11FIN3O3S/c10-5-6(15)4(2-18)17-8(5)14-1-3(11)7(12)13-9(14)16/h1,4-6,8,15,18H,2H2,(H2,12,13,16)/t4-,5+,6-,8-/m1/s1. The van der Waals surface area contributed by atoms with E-state index in [1.807, 2.05) is 22.6 Å². The molecule has 100 valence electrons. The fourth-order valence-electron chi connectivity index (χ4n) is 1.72. The van der Waals surface area contributed by atoms with Crippen molar-refractivity contribution in [2.75, 3.05) is 11.5 Å². The molecule has 3 N–H and O–H groups in total. The zero-order chi connectivity index (χ0) is 13.4. The Hall–Kier alpha value is -0.390. The number of halogens is 2. The zero-order valence-electron chi connectivity index (χ0n) is 9.03. The van der Waals surface area contributed by atoms with Crippen molar-refractivity contribution in [3.8, 4) is 0 Å². The summed E-state index contributed by atoms with van der Waals surface area (Å²) in [5.74, 6) is 0.239. The molecule has 1 fully saturated rings. The largest absolute Gasteiger partial charge is 0.387 e. The number of thiol groups is 1. The molecule has 0 saturated carbocycles. The molecular formula is C9H11FIN3O3S. The average molecular weight is 387 g/mol. The van der Waals surface area contributed by atoms with Crippen LogP contribution in [0.4, 0.5) is 10.2 Å². The van der Waals surface area contributed by atoms with Crippen LogP contribution in [0.1, 0.15) is 6.23 Å². The van der Waals surface area contributed by atoms with E-state index in [-0.39, 0.29) is 11.6 Å². The van der Waals surface area contributed by atoms with Crippen molar-refractivity contribution < 1.29 is 14.2 Å². The predicted octanol–water partition coefficient (Wildman–Crippen LogP) is -0.0437. The van der Waals surface area contributed by atoms with Gasteiger partial charge in [0.2, 0.25) is 0 Å². The van der Waals surface area contributed by atoms with E-state index in [0.29, 0.717) is 3.57 Å². The van der Waals surface area contributed by atoms with Gasteiger partial charge in [0.05, 0.1) is 9.67 Å². The fraction of sp³-hybridized carbons (Fsp3) is 0.556. The van der Waals surface area contributed by atoms with Crippen molar-refractivity contribution in [2.45, 2.75) is 24.6 Å². The number of hydrogen-bond acceptors (Lipinski definition) is 6. The van der Waals surface area contributed by atoms with Crippen LogP contribution in [-0.2, 0) is 4.74 Å². The summed E-state index contributed by atoms with van der Waals surface area (Å²) in [5.41, 5.74) is 4.76. The second-order valence-electron chi connectivity index (χ2n) is 3.85. The molecule has 0 bridgehead atoms. The first-order chi connectivity index (χ1) is 8.45. The van der Waals surface area contributed by atoms with Gasteiger partial charge in [-0.2, -0.15) is 17.6 Å². The van der Waals surface area contributed by atoms with Crippen LogP contribution in [0.15, 0.2) is 11.0 Å². The van der Waals surface area contributed by atoms with E-state index in [1.54, 1.807) is 0 Å². The Morgan fingerprint density at radius 2 is 2.39 bits per heavy atom. The number of aromatic nitrogens is 2. The Labute approximate surface area is 121 Å². The molecule has 2 heterocycles. The normalized spacial score (nSPS) is 31.8. The lowest BCUT2D eigenvalue weighted by atomic mass is 10.2. The van der Waals surface area contributed by atoms with Gasteiger partial charge in [-0.15, -0.1) is 0 Å². The third-order valence-corrected chi connectivity index (χ3v) is 3.87. The van der Waals surface area contributed by atoms with Crippen LogP contribution in [0.5, 0.6) is 0 Å². The molecule has 1 aliphatic rings. The van der Waals surface area contributed by atoms with E-state index in [1.165, 1.54) is 6.20 Å². The first-order valence-corrected chi connectivity index (χ1v) is 6.79. The molecule has 1 aliphatic heterocycles. The number of alkyl halides is 1. The molecule has 4 atom stereocenters. The Balaban J connectivity index is 2.39. The molecule has 1 saturated heterocycles. The summed E-state index contributed by atoms with van der Waals surface area (Å²) in [5, 5.41) is 9.59. The molecule has 0 radical (unpaired) electrons. The number of rotatable bonds is 2. The summed E-state index contributed by atoms with van der Waals surface area (Å²) < 4.78 is 20.7. The highest BCUT2D eigenvalue weighted by molar-refractivity contribution is 14.1. The molecule has 2 rings (SSSR count). The molecule has 0 aliphatic carbocycles. The Kier molecular flexibility index (Phi) is 4.14. The quantitative estimate of drug-likeness (QED) is 0.490. The van der Waals surface area contributed by atoms with Crippen molar-refractivity contribution in [3.63, 3.8) is 0 Å². The number of aliphatic hydroxyl groups excluding tert-OH is 1. The summed E-state index contributed by atoms with van der Waals surface area (Å²) in [4.78, 5) is 15.2. The summed E-state index contributed by atoms with van der Waals surface area (Å²) in [6.07, 6.45) is -3.62. The molecule has 18 heavy (non-hydrogen) atoms. The minimum atomic E-state index is -1.71. The minimum Gasteiger partial charge on any atom is -0.387 e. The smallest absolute Gasteiger partial charge is 0.351 e. The molecule has 6 nitrogen and oxygen atoms in total. The van der Waals surface area contributed by atoms with E-state index in [2.05, 4.69) is 17.6 Å². The van der Waals surface area contributed by atoms with Crippen LogP contribution in [0.25, 0.3) is 0 Å². The zero-order valence-corrected chi connectivity index (χ0v) is 12.1. The lowest BCUT2D eigenvalue weighted by Gasteiger charge is -2.16. The maximum Gasteiger partial charge on any atom is 0.351 e. The summed E-state index contributed by atoms with van der Waals surface area (Å²) in [6.45, 7) is 0. The van der Waals surface area contributed by atoms with Gasteiger partial charge in [-0.3, -0.25) is 4.57 Å². The number of nitrogens with two attached hydrogens (primary N) is 1. The molecule has 0 spiro atoms. The van der Waals surface area contributed by atoms with Crippen LogP contribution in [-0.4, -0.2) is 38.8 Å². The van der Waals surface area contributed by atoms with Gasteiger partial charge in [0.1, 0.15) is 11.9 Å². The van der Waals surface area contributed by atoms with Crippen molar-refractivity contribution in [1.82, 2.24) is 9.55 Å². The second-order valence-corrected chi connectivity index (χ2v) is 5.37. The first-order valence-electron chi connectivity index (χ1n) is 5.08. The maximum absolute atomic E-state index is 13.9. The Morgan fingerprint density at radius 1 is 1.72 bits per heavy atom. The first kappa shape index (κ1) is 14.0. The van der Waals surface area contributed by atoms with Crippen LogP contribution < -0.4 is 11.4 Å². The van der Waals surface area contributed by atoms with E-state index in [9.17, 15) is 14.3 Å². The lowest BCUT2D eigenvalue weighted by molar-refractivity contribution is -0.0163. The molecule has 9 heteroatoms. The maximum atomic E-state index is 13.9. The van der Waals surface area contributed by atoms with E-state index in [4.69, 9.17) is 10.5 Å². The minimum absolute atomic E-state index is 0.0801. The number of aliphatic hydroxyl groups is 1. The van der Waals surface area contributed by atoms with Crippen molar-refractivity contribution in [2.24, 2.45) is 0 Å². The summed E-state index contributed by atoms with van der Waals surface area (Å²) >= 11 is 5.83. The molecule has 1 aromatic rings. The van der Waals surface area contributed by atoms with Crippen molar-refractivity contribution >= 4 is 41.0 Å². The molecule has 0 amide bonds. The van der Waals surface area contributed by atoms with Gasteiger partial charge in [-0.1, -0.05) is 0 Å². The Morgan fingerprint density at radius 3 is 2.94 bits per heavy atom. The van der Waals surface area contributed by atoms with Crippen molar-refractivity contribution in [3.05, 3.63) is 20.3 Å². The lowest BCUT2D eigenvalue weighted by Crippen LogP contribution is -2.33. The highest BCUT2D eigenvalue weighted by Gasteiger charge is 2.45. The number of nitrogens with zero attached hydrogens (tertiary/aromatic N) is 2. The van der Waals surface area contributed by atoms with Crippen LogP contribution in [0, 0.1) is 3.57 Å². The van der Waals surface area contributed by atoms with Gasteiger partial charge >= 0.3 is 5.69 Å². The predicted molar refractivity (Wildman–Crippen MR) is 74.3 cm³/mol. The van der Waals surface area contributed by atoms with E-state index >= 15 is 0 Å². The van der Waals surface area contributed by atoms with E-state index in [0.717, 1.165) is 4.57 Å². The molecule has 0 unspecified atom stereocenters. The van der Waals surface area contributed by atoms with Gasteiger partial charge in [0.15, 0.2) is 12.4 Å². The number of anilines is 1. The SMILES string of the molecule is Nc1nc(=O)n([C@@H]2O[C@H](CS)[C@@H](O)[C@@H]2F)cc1I. The second kappa shape index (κ2) is 5.31. The summed E-state index contributed by atoms with van der Waals surface area (Å²) in [7, 11) is 0. The highest BCUT2D eigenvalue weighted by Crippen LogP contribution is 2.31. The number of nitrogen functional groups attached to an aromatic ring is 1. The van der Waals surface area contributed by atoms with Gasteiger partial charge in [-0.05, 0) is 22.6 Å². The van der Waals surface area contributed by atoms with Gasteiger partial charge in [0.25, 0.3) is 0 Å². The van der Waals surface area contributed by atoms with Gasteiger partial charge < -0.3 is 15.6 Å². The van der Waals surface area contributed by atoms with Gasteiger partial charge in [0, 0.05) is 11.9 Å². The van der Waals surface area contributed by atoms with Crippen LogP contribution >= 0.6 is 35.2 Å².